The summed E-state index contributed by atoms with van der Waals surface area (Å²) >= 11 is 0. The summed E-state index contributed by atoms with van der Waals surface area (Å²) in [6, 6.07) is 4.06. The smallest absolute Gasteiger partial charge is 0.419 e. The molecule has 0 amide bonds. The first-order valence-corrected chi connectivity index (χ1v) is 12.2. The van der Waals surface area contributed by atoms with Gasteiger partial charge in [-0.15, -0.1) is 0 Å². The number of benzene rings is 2. The fourth-order valence-corrected chi connectivity index (χ4v) is 4.47. The van der Waals surface area contributed by atoms with E-state index in [0.29, 0.717) is 22.4 Å². The summed E-state index contributed by atoms with van der Waals surface area (Å²) < 4.78 is 82.1. The zero-order chi connectivity index (χ0) is 26.7. The summed E-state index contributed by atoms with van der Waals surface area (Å²) in [4.78, 5) is 12.3. The Morgan fingerprint density at radius 2 is 1.77 bits per heavy atom. The normalized spacial score (nSPS) is 13.9. The van der Waals surface area contributed by atoms with Crippen molar-refractivity contribution in [3.63, 3.8) is 0 Å². The predicted molar refractivity (Wildman–Crippen MR) is 128 cm³/mol. The summed E-state index contributed by atoms with van der Waals surface area (Å²) in [7, 11) is -0.371. The highest BCUT2D eigenvalue weighted by Crippen LogP contribution is 2.41. The summed E-state index contributed by atoms with van der Waals surface area (Å²) in [5, 5.41) is 0. The first-order chi connectivity index (χ1) is 16.1. The largest absolute Gasteiger partial charge is 0.496 e. The number of rotatable bonds is 8. The van der Waals surface area contributed by atoms with Crippen LogP contribution in [0.2, 0.25) is 0 Å². The second kappa shape index (κ2) is 11.1. The third-order valence-electron chi connectivity index (χ3n) is 5.40. The van der Waals surface area contributed by atoms with Gasteiger partial charge in [0.05, 0.1) is 47.5 Å². The van der Waals surface area contributed by atoms with Crippen LogP contribution in [0.1, 0.15) is 62.4 Å². The highest BCUT2D eigenvalue weighted by Gasteiger charge is 2.38. The number of aryl methyl sites for hydroxylation is 1. The van der Waals surface area contributed by atoms with Gasteiger partial charge in [0.1, 0.15) is 11.6 Å². The molecule has 0 saturated carbocycles. The Morgan fingerprint density at radius 3 is 2.29 bits per heavy atom. The molecule has 2 aromatic rings. The van der Waals surface area contributed by atoms with Crippen LogP contribution in [0.15, 0.2) is 24.3 Å². The van der Waals surface area contributed by atoms with E-state index in [9.17, 15) is 22.2 Å². The topological polar surface area (TPSA) is 64.6 Å². The molecule has 2 rings (SSSR count). The van der Waals surface area contributed by atoms with E-state index >= 15 is 4.39 Å². The van der Waals surface area contributed by atoms with Crippen LogP contribution in [0.25, 0.3) is 11.1 Å². The Kier molecular flexibility index (Phi) is 9.10. The van der Waals surface area contributed by atoms with Crippen LogP contribution in [-0.4, -0.2) is 28.6 Å². The molecule has 0 bridgehead atoms. The van der Waals surface area contributed by atoms with E-state index in [1.807, 2.05) is 0 Å². The minimum absolute atomic E-state index is 0.0342. The van der Waals surface area contributed by atoms with Crippen LogP contribution in [0, 0.1) is 19.7 Å². The number of halogens is 4. The Morgan fingerprint density at radius 1 is 1.14 bits per heavy atom. The predicted octanol–water partition coefficient (Wildman–Crippen LogP) is 6.18. The Labute approximate surface area is 205 Å². The van der Waals surface area contributed by atoms with Gasteiger partial charge in [-0.05, 0) is 82.0 Å². The van der Waals surface area contributed by atoms with Gasteiger partial charge in [0.2, 0.25) is 0 Å². The van der Waals surface area contributed by atoms with Crippen LogP contribution in [0.5, 0.6) is 5.75 Å². The van der Waals surface area contributed by atoms with E-state index in [1.165, 1.54) is 13.2 Å². The summed E-state index contributed by atoms with van der Waals surface area (Å²) in [6.45, 7) is 9.97. The van der Waals surface area contributed by atoms with Gasteiger partial charge in [-0.2, -0.15) is 13.2 Å². The molecule has 0 spiro atoms. The number of hydrogen-bond acceptors (Lipinski definition) is 4. The molecule has 2 aromatic carbocycles. The number of carbonyl (C=O) groups is 1. The van der Waals surface area contributed by atoms with Gasteiger partial charge in [0.15, 0.2) is 0 Å². The van der Waals surface area contributed by atoms with Crippen molar-refractivity contribution < 1.29 is 36.0 Å². The first-order valence-electron chi connectivity index (χ1n) is 11.0. The van der Waals surface area contributed by atoms with Crippen molar-refractivity contribution in [3.8, 4) is 16.9 Å². The third kappa shape index (κ3) is 6.82. The first kappa shape index (κ1) is 28.8. The van der Waals surface area contributed by atoms with Gasteiger partial charge in [0, 0.05) is 5.56 Å². The van der Waals surface area contributed by atoms with Crippen LogP contribution >= 0.6 is 0 Å². The van der Waals surface area contributed by atoms with Crippen LogP contribution < -0.4 is 9.46 Å². The molecule has 2 atom stereocenters. The van der Waals surface area contributed by atoms with Crippen molar-refractivity contribution >= 4 is 17.0 Å². The molecular formula is C25H31F4NO4S. The second-order valence-electron chi connectivity index (χ2n) is 9.07. The van der Waals surface area contributed by atoms with Gasteiger partial charge in [-0.25, -0.2) is 13.3 Å². The fourth-order valence-electron chi connectivity index (χ4n) is 3.65. The Hall–Kier alpha value is -2.46. The minimum atomic E-state index is -5.01. The van der Waals surface area contributed by atoms with E-state index in [2.05, 4.69) is 4.72 Å². The molecule has 194 valence electrons. The molecule has 10 heteroatoms. The van der Waals surface area contributed by atoms with Crippen molar-refractivity contribution in [1.82, 2.24) is 4.72 Å². The zero-order valence-electron chi connectivity index (χ0n) is 20.9. The Bertz CT molecular complexity index is 1110. The number of hydrogen-bond donors (Lipinski definition) is 1. The monoisotopic (exact) mass is 517 g/mol. The lowest BCUT2D eigenvalue weighted by molar-refractivity contribution is -0.143. The molecule has 1 unspecified atom stereocenters. The molecule has 0 aliphatic heterocycles. The van der Waals surface area contributed by atoms with Gasteiger partial charge < -0.3 is 9.47 Å². The van der Waals surface area contributed by atoms with E-state index < -0.39 is 57.3 Å². The summed E-state index contributed by atoms with van der Waals surface area (Å²) in [5.41, 5.74) is -0.137. The van der Waals surface area contributed by atoms with Crippen LogP contribution in [0.4, 0.5) is 17.6 Å². The highest BCUT2D eigenvalue weighted by atomic mass is 32.2. The number of alkyl halides is 3. The average Bonchev–Trinajstić information content (AvgIpc) is 2.73. The standard InChI is InChI=1S/C25H31F4NO4S/c1-8-34-21(31)13-19(30-35(32)24(4,5)6)17-11-16(12-18(23(17)26)25(27,28)29)22-14(2)9-10-20(33-7)15(22)3/h9-12,19,30H,8,13H2,1-7H3/t19-,35?/m0/s1. The Balaban J connectivity index is 2.83. The quantitative estimate of drug-likeness (QED) is 0.335. The number of esters is 1. The van der Waals surface area contributed by atoms with Crippen molar-refractivity contribution in [3.05, 3.63) is 52.3 Å². The molecule has 35 heavy (non-hydrogen) atoms. The van der Waals surface area contributed by atoms with Crippen LogP contribution in [-0.2, 0) is 26.7 Å². The van der Waals surface area contributed by atoms with E-state index in [0.717, 1.165) is 6.07 Å². The average molecular weight is 518 g/mol. The molecule has 0 aliphatic rings. The maximum Gasteiger partial charge on any atom is 0.419 e. The second-order valence-corrected chi connectivity index (χ2v) is 11.1. The lowest BCUT2D eigenvalue weighted by Gasteiger charge is -2.26. The summed E-state index contributed by atoms with van der Waals surface area (Å²) in [6.07, 6.45) is -5.52. The number of nitrogens with one attached hydrogen (secondary N) is 1. The maximum atomic E-state index is 15.4. The highest BCUT2D eigenvalue weighted by molar-refractivity contribution is 7.84. The third-order valence-corrected chi connectivity index (χ3v) is 7.01. The molecular weight excluding hydrogens is 486 g/mol. The molecule has 5 nitrogen and oxygen atoms in total. The van der Waals surface area contributed by atoms with Gasteiger partial charge >= 0.3 is 12.1 Å². The van der Waals surface area contributed by atoms with Crippen molar-refractivity contribution in [2.75, 3.05) is 13.7 Å². The maximum absolute atomic E-state index is 15.4. The molecule has 0 radical (unpaired) electrons. The van der Waals surface area contributed by atoms with Crippen LogP contribution in [0.3, 0.4) is 0 Å². The van der Waals surface area contributed by atoms with Crippen molar-refractivity contribution in [1.29, 1.82) is 0 Å². The van der Waals surface area contributed by atoms with Crippen molar-refractivity contribution in [2.24, 2.45) is 0 Å². The molecule has 0 aliphatic carbocycles. The van der Waals surface area contributed by atoms with Gasteiger partial charge in [-0.1, -0.05) is 6.07 Å². The molecule has 1 N–H and O–H groups in total. The van der Waals surface area contributed by atoms with Crippen molar-refractivity contribution in [2.45, 2.75) is 64.9 Å². The fraction of sp³-hybridized carbons (Fsp3) is 0.480. The van der Waals surface area contributed by atoms with Gasteiger partial charge in [-0.3, -0.25) is 4.79 Å². The molecule has 0 heterocycles. The molecule has 0 saturated heterocycles. The van der Waals surface area contributed by atoms with E-state index in [-0.39, 0.29) is 12.2 Å². The number of methoxy groups -OCH3 is 1. The van der Waals surface area contributed by atoms with E-state index in [4.69, 9.17) is 9.47 Å². The molecule has 0 aromatic heterocycles. The van der Waals surface area contributed by atoms with Gasteiger partial charge in [0.25, 0.3) is 0 Å². The SMILES string of the molecule is CCOC(=O)C[C@H](NS(=O)C(C)(C)C)c1cc(-c2c(C)ccc(OC)c2C)cc(C(F)(F)F)c1F. The lowest BCUT2D eigenvalue weighted by Crippen LogP contribution is -2.37. The minimum Gasteiger partial charge on any atom is -0.496 e. The number of ether oxygens (including phenoxy) is 2. The lowest BCUT2D eigenvalue weighted by atomic mass is 9.90. The summed E-state index contributed by atoms with van der Waals surface area (Å²) in [5.74, 6) is -1.84. The number of carbonyl (C=O) groups excluding carboxylic acids is 1. The zero-order valence-corrected chi connectivity index (χ0v) is 21.7. The van der Waals surface area contributed by atoms with E-state index in [1.54, 1.807) is 53.7 Å². The molecule has 0 fully saturated rings.